The standard InChI is InChI=1S/C21H24ClN5O2/c1-26-19(12-20(28)27(2)21(26)29)25-15-6-4-14(5-7-15)24-17-9-10-23-18-11-13(22)3-8-16(17)18/h3,8-12,14-15,25H,4-7H2,1-2H3,(H,23,24). The fourth-order valence-corrected chi connectivity index (χ4v) is 4.10. The number of anilines is 2. The van der Waals surface area contributed by atoms with Crippen molar-refractivity contribution in [2.45, 2.75) is 37.8 Å². The van der Waals surface area contributed by atoms with Crippen LogP contribution in [-0.2, 0) is 14.1 Å². The molecule has 0 aliphatic heterocycles. The molecular formula is C21H24ClN5O2. The number of fused-ring (bicyclic) bond motifs is 1. The first-order valence-corrected chi connectivity index (χ1v) is 10.1. The van der Waals surface area contributed by atoms with Crippen LogP contribution in [0, 0.1) is 0 Å². The Morgan fingerprint density at radius 2 is 1.66 bits per heavy atom. The lowest BCUT2D eigenvalue weighted by atomic mass is 9.91. The quantitative estimate of drug-likeness (QED) is 0.686. The molecule has 0 unspecified atom stereocenters. The van der Waals surface area contributed by atoms with E-state index in [1.165, 1.54) is 17.7 Å². The molecular weight excluding hydrogens is 390 g/mol. The number of halogens is 1. The Labute approximate surface area is 173 Å². The molecule has 0 saturated heterocycles. The summed E-state index contributed by atoms with van der Waals surface area (Å²) in [4.78, 5) is 28.4. The number of rotatable bonds is 4. The van der Waals surface area contributed by atoms with Gasteiger partial charge in [-0.2, -0.15) is 0 Å². The lowest BCUT2D eigenvalue weighted by Gasteiger charge is -2.31. The Morgan fingerprint density at radius 1 is 0.966 bits per heavy atom. The van der Waals surface area contributed by atoms with Gasteiger partial charge in [-0.25, -0.2) is 4.79 Å². The van der Waals surface area contributed by atoms with E-state index in [-0.39, 0.29) is 17.3 Å². The van der Waals surface area contributed by atoms with E-state index in [4.69, 9.17) is 11.6 Å². The second kappa shape index (κ2) is 7.91. The average molecular weight is 414 g/mol. The molecule has 2 heterocycles. The van der Waals surface area contributed by atoms with Crippen molar-refractivity contribution in [1.29, 1.82) is 0 Å². The zero-order chi connectivity index (χ0) is 20.5. The second-order valence-corrected chi connectivity index (χ2v) is 8.06. The predicted octanol–water partition coefficient (Wildman–Crippen LogP) is 3.12. The van der Waals surface area contributed by atoms with E-state index in [0.717, 1.165) is 46.8 Å². The van der Waals surface area contributed by atoms with Gasteiger partial charge in [0.25, 0.3) is 5.56 Å². The Bertz CT molecular complexity index is 1160. The molecule has 3 aromatic rings. The van der Waals surface area contributed by atoms with Gasteiger partial charge in [-0.1, -0.05) is 11.6 Å². The van der Waals surface area contributed by atoms with Gasteiger partial charge in [-0.15, -0.1) is 0 Å². The highest BCUT2D eigenvalue weighted by atomic mass is 35.5. The molecule has 1 saturated carbocycles. The summed E-state index contributed by atoms with van der Waals surface area (Å²) in [6, 6.07) is 9.83. The van der Waals surface area contributed by atoms with Gasteiger partial charge >= 0.3 is 5.69 Å². The molecule has 0 radical (unpaired) electrons. The zero-order valence-corrected chi connectivity index (χ0v) is 17.2. The third-order valence-corrected chi connectivity index (χ3v) is 5.90. The molecule has 1 aromatic carbocycles. The van der Waals surface area contributed by atoms with Crippen LogP contribution in [0.15, 0.2) is 46.1 Å². The van der Waals surface area contributed by atoms with Crippen LogP contribution < -0.4 is 21.9 Å². The first-order chi connectivity index (χ1) is 13.9. The van der Waals surface area contributed by atoms with Crippen LogP contribution in [0.25, 0.3) is 10.9 Å². The molecule has 0 spiro atoms. The maximum Gasteiger partial charge on any atom is 0.332 e. The van der Waals surface area contributed by atoms with Gasteiger partial charge in [0.15, 0.2) is 0 Å². The number of aromatic nitrogens is 3. The molecule has 0 bridgehead atoms. The van der Waals surface area contributed by atoms with Gasteiger partial charge in [0, 0.05) is 54.5 Å². The van der Waals surface area contributed by atoms with Crippen molar-refractivity contribution >= 4 is 34.0 Å². The third-order valence-electron chi connectivity index (χ3n) is 5.67. The van der Waals surface area contributed by atoms with Gasteiger partial charge in [0.05, 0.1) is 5.52 Å². The van der Waals surface area contributed by atoms with Crippen LogP contribution in [0.4, 0.5) is 11.5 Å². The maximum absolute atomic E-state index is 12.1. The number of pyridine rings is 1. The van der Waals surface area contributed by atoms with Crippen molar-refractivity contribution in [3.63, 3.8) is 0 Å². The van der Waals surface area contributed by atoms with Gasteiger partial charge in [0.1, 0.15) is 5.82 Å². The first-order valence-electron chi connectivity index (χ1n) is 9.77. The molecule has 1 aliphatic rings. The lowest BCUT2D eigenvalue weighted by molar-refractivity contribution is 0.427. The maximum atomic E-state index is 12.1. The Balaban J connectivity index is 1.42. The van der Waals surface area contributed by atoms with Crippen molar-refractivity contribution in [3.05, 3.63) is 62.4 Å². The first kappa shape index (κ1) is 19.5. The summed E-state index contributed by atoms with van der Waals surface area (Å²) in [7, 11) is 3.17. The van der Waals surface area contributed by atoms with E-state index < -0.39 is 0 Å². The van der Waals surface area contributed by atoms with Crippen LogP contribution in [0.2, 0.25) is 5.02 Å². The van der Waals surface area contributed by atoms with Gasteiger partial charge in [-0.05, 0) is 49.9 Å². The summed E-state index contributed by atoms with van der Waals surface area (Å²) < 4.78 is 2.60. The summed E-state index contributed by atoms with van der Waals surface area (Å²) in [5.74, 6) is 0.575. The van der Waals surface area contributed by atoms with Crippen molar-refractivity contribution < 1.29 is 0 Å². The van der Waals surface area contributed by atoms with Crippen LogP contribution in [-0.4, -0.2) is 26.2 Å². The highest BCUT2D eigenvalue weighted by Gasteiger charge is 2.22. The number of benzene rings is 1. The molecule has 2 aromatic heterocycles. The number of nitrogens with zero attached hydrogens (tertiary/aromatic N) is 3. The van der Waals surface area contributed by atoms with Gasteiger partial charge in [-0.3, -0.25) is 18.9 Å². The van der Waals surface area contributed by atoms with E-state index in [1.807, 2.05) is 24.3 Å². The molecule has 8 heteroatoms. The Hall–Kier alpha value is -2.80. The zero-order valence-electron chi connectivity index (χ0n) is 16.5. The van der Waals surface area contributed by atoms with Crippen molar-refractivity contribution in [2.24, 2.45) is 14.1 Å². The number of nitrogens with one attached hydrogen (secondary N) is 2. The largest absolute Gasteiger partial charge is 0.382 e. The molecule has 1 aliphatic carbocycles. The normalized spacial score (nSPS) is 19.3. The minimum absolute atomic E-state index is 0.235. The van der Waals surface area contributed by atoms with Gasteiger partial charge in [0.2, 0.25) is 0 Å². The summed E-state index contributed by atoms with van der Waals surface area (Å²) in [6.07, 6.45) is 5.69. The summed E-state index contributed by atoms with van der Waals surface area (Å²) in [5, 5.41) is 8.76. The molecule has 4 rings (SSSR count). The molecule has 7 nitrogen and oxygen atoms in total. The van der Waals surface area contributed by atoms with Gasteiger partial charge < -0.3 is 10.6 Å². The Kier molecular flexibility index (Phi) is 5.32. The third kappa shape index (κ3) is 4.00. The SMILES string of the molecule is Cn1c(NC2CCC(Nc3ccnc4cc(Cl)ccc34)CC2)cc(=O)n(C)c1=O. The number of hydrogen-bond acceptors (Lipinski definition) is 5. The summed E-state index contributed by atoms with van der Waals surface area (Å²) in [6.45, 7) is 0. The topological polar surface area (TPSA) is 81.0 Å². The van der Waals surface area contributed by atoms with E-state index in [0.29, 0.717) is 16.9 Å². The summed E-state index contributed by atoms with van der Waals surface area (Å²) >= 11 is 6.08. The fraction of sp³-hybridized carbons (Fsp3) is 0.381. The summed E-state index contributed by atoms with van der Waals surface area (Å²) in [5.41, 5.74) is 1.33. The van der Waals surface area contributed by atoms with Crippen LogP contribution >= 0.6 is 11.6 Å². The second-order valence-electron chi connectivity index (χ2n) is 7.63. The Morgan fingerprint density at radius 3 is 2.38 bits per heavy atom. The van der Waals surface area contributed by atoms with Crippen molar-refractivity contribution in [1.82, 2.24) is 14.1 Å². The monoisotopic (exact) mass is 413 g/mol. The highest BCUT2D eigenvalue weighted by Crippen LogP contribution is 2.28. The molecule has 29 heavy (non-hydrogen) atoms. The lowest BCUT2D eigenvalue weighted by Crippen LogP contribution is -2.39. The van der Waals surface area contributed by atoms with E-state index in [9.17, 15) is 9.59 Å². The molecule has 0 atom stereocenters. The van der Waals surface area contributed by atoms with Crippen LogP contribution in [0.5, 0.6) is 0 Å². The molecule has 0 amide bonds. The van der Waals surface area contributed by atoms with E-state index in [1.54, 1.807) is 13.2 Å². The number of hydrogen-bond donors (Lipinski definition) is 2. The minimum Gasteiger partial charge on any atom is -0.382 e. The predicted molar refractivity (Wildman–Crippen MR) is 117 cm³/mol. The molecule has 1 fully saturated rings. The highest BCUT2D eigenvalue weighted by molar-refractivity contribution is 6.31. The van der Waals surface area contributed by atoms with Crippen LogP contribution in [0.1, 0.15) is 25.7 Å². The minimum atomic E-state index is -0.319. The smallest absolute Gasteiger partial charge is 0.332 e. The van der Waals surface area contributed by atoms with Crippen LogP contribution in [0.3, 0.4) is 0 Å². The van der Waals surface area contributed by atoms with Crippen molar-refractivity contribution in [3.8, 4) is 0 Å². The van der Waals surface area contributed by atoms with Crippen molar-refractivity contribution in [2.75, 3.05) is 10.6 Å². The average Bonchev–Trinajstić information content (AvgIpc) is 2.72. The molecule has 152 valence electrons. The molecule has 2 N–H and O–H groups in total. The van der Waals surface area contributed by atoms with E-state index >= 15 is 0 Å². The fourth-order valence-electron chi connectivity index (χ4n) is 3.93. The van der Waals surface area contributed by atoms with E-state index in [2.05, 4.69) is 15.6 Å².